The summed E-state index contributed by atoms with van der Waals surface area (Å²) in [7, 11) is 0. The van der Waals surface area contributed by atoms with E-state index in [0.717, 1.165) is 19.4 Å². The molecule has 2 unspecified atom stereocenters. The highest BCUT2D eigenvalue weighted by molar-refractivity contribution is 6.34. The first kappa shape index (κ1) is 19.0. The molecule has 2 atom stereocenters. The Morgan fingerprint density at radius 1 is 1.19 bits per heavy atom. The van der Waals surface area contributed by atoms with Crippen LogP contribution in [0.25, 0.3) is 0 Å². The summed E-state index contributed by atoms with van der Waals surface area (Å²) in [5, 5.41) is 9.58. The first-order valence-electron chi connectivity index (χ1n) is 9.15. The molecule has 2 fully saturated rings. The van der Waals surface area contributed by atoms with Crippen molar-refractivity contribution in [3.8, 4) is 0 Å². The van der Waals surface area contributed by atoms with Crippen molar-refractivity contribution < 1.29 is 9.59 Å². The van der Waals surface area contributed by atoms with Crippen LogP contribution in [0.1, 0.15) is 50.4 Å². The van der Waals surface area contributed by atoms with Gasteiger partial charge in [-0.2, -0.15) is 0 Å². The number of urea groups is 1. The number of fused-ring (bicyclic) bond motifs is 2. The predicted molar refractivity (Wildman–Crippen MR) is 104 cm³/mol. The van der Waals surface area contributed by atoms with Gasteiger partial charge in [0.1, 0.15) is 0 Å². The highest BCUT2D eigenvalue weighted by Gasteiger charge is 2.32. The van der Waals surface area contributed by atoms with E-state index in [9.17, 15) is 9.59 Å². The smallest absolute Gasteiger partial charge is 0.319 e. The molecule has 1 aromatic carbocycles. The van der Waals surface area contributed by atoms with Gasteiger partial charge in [0.15, 0.2) is 0 Å². The lowest BCUT2D eigenvalue weighted by Gasteiger charge is -2.25. The van der Waals surface area contributed by atoms with E-state index < -0.39 is 0 Å². The summed E-state index contributed by atoms with van der Waals surface area (Å²) in [5.74, 6) is -0.0794. The molecular weight excluding hydrogens is 352 g/mol. The van der Waals surface area contributed by atoms with Crippen molar-refractivity contribution in [2.24, 2.45) is 0 Å². The molecule has 7 heteroatoms. The Kier molecular flexibility index (Phi) is 5.44. The van der Waals surface area contributed by atoms with Crippen molar-refractivity contribution in [3.05, 3.63) is 28.8 Å². The summed E-state index contributed by atoms with van der Waals surface area (Å²) >= 11 is 6.28. The van der Waals surface area contributed by atoms with Gasteiger partial charge in [0.05, 0.1) is 10.6 Å². The zero-order valence-corrected chi connectivity index (χ0v) is 16.3. The molecule has 1 aromatic rings. The molecule has 0 spiro atoms. The minimum atomic E-state index is -0.340. The number of hydrogen-bond acceptors (Lipinski definition) is 3. The molecule has 2 aliphatic heterocycles. The van der Waals surface area contributed by atoms with E-state index in [1.54, 1.807) is 18.2 Å². The summed E-state index contributed by atoms with van der Waals surface area (Å²) < 4.78 is 0. The Labute approximate surface area is 159 Å². The molecule has 0 aromatic heterocycles. The van der Waals surface area contributed by atoms with Gasteiger partial charge in [-0.25, -0.2) is 4.79 Å². The normalized spacial score (nSPS) is 22.7. The molecule has 3 N–H and O–H groups in total. The van der Waals surface area contributed by atoms with Gasteiger partial charge in [-0.1, -0.05) is 11.6 Å². The summed E-state index contributed by atoms with van der Waals surface area (Å²) in [6.45, 7) is 7.15. The Bertz CT molecular complexity index is 701. The van der Waals surface area contributed by atoms with Crippen LogP contribution >= 0.6 is 11.6 Å². The molecule has 6 nitrogen and oxygen atoms in total. The highest BCUT2D eigenvalue weighted by Crippen LogP contribution is 2.26. The van der Waals surface area contributed by atoms with E-state index >= 15 is 0 Å². The van der Waals surface area contributed by atoms with Gasteiger partial charge in [-0.3, -0.25) is 4.79 Å². The maximum atomic E-state index is 13.0. The highest BCUT2D eigenvalue weighted by atomic mass is 35.5. The number of rotatable bonds is 2. The van der Waals surface area contributed by atoms with Crippen molar-refractivity contribution in [1.82, 2.24) is 15.5 Å². The number of halogens is 1. The molecule has 142 valence electrons. The Morgan fingerprint density at radius 2 is 1.92 bits per heavy atom. The lowest BCUT2D eigenvalue weighted by Crippen LogP contribution is -2.43. The number of nitrogens with zero attached hydrogens (tertiary/aromatic N) is 1. The summed E-state index contributed by atoms with van der Waals surface area (Å²) in [6, 6.07) is 5.58. The second kappa shape index (κ2) is 7.45. The lowest BCUT2D eigenvalue weighted by molar-refractivity contribution is 0.0748. The average molecular weight is 379 g/mol. The van der Waals surface area contributed by atoms with Gasteiger partial charge in [0.2, 0.25) is 0 Å². The predicted octanol–water partition coefficient (Wildman–Crippen LogP) is 3.23. The zero-order valence-electron chi connectivity index (χ0n) is 15.6. The molecule has 2 aliphatic rings. The molecule has 0 radical (unpaired) electrons. The molecule has 26 heavy (non-hydrogen) atoms. The fourth-order valence-electron chi connectivity index (χ4n) is 3.57. The van der Waals surface area contributed by atoms with Crippen LogP contribution in [0.4, 0.5) is 10.5 Å². The van der Waals surface area contributed by atoms with Crippen molar-refractivity contribution in [2.75, 3.05) is 18.4 Å². The van der Waals surface area contributed by atoms with Crippen molar-refractivity contribution in [3.63, 3.8) is 0 Å². The van der Waals surface area contributed by atoms with E-state index in [-0.39, 0.29) is 17.5 Å². The Balaban J connectivity index is 1.72. The summed E-state index contributed by atoms with van der Waals surface area (Å²) in [5.41, 5.74) is 0.639. The third-order valence-electron chi connectivity index (χ3n) is 4.75. The quantitative estimate of drug-likeness (QED) is 0.739. The summed E-state index contributed by atoms with van der Waals surface area (Å²) in [4.78, 5) is 26.9. The SMILES string of the molecule is CC(C)(C)NC(=O)Nc1ccc(Cl)c(C(=O)N2CCC3CCC(C2)N3)c1. The number of carbonyl (C=O) groups excluding carboxylic acids is 2. The van der Waals surface area contributed by atoms with Crippen molar-refractivity contribution in [2.45, 2.75) is 57.7 Å². The molecule has 2 heterocycles. The minimum absolute atomic E-state index is 0.0794. The van der Waals surface area contributed by atoms with E-state index in [2.05, 4.69) is 16.0 Å². The molecule has 2 bridgehead atoms. The van der Waals surface area contributed by atoms with Gasteiger partial charge < -0.3 is 20.9 Å². The molecule has 0 aliphatic carbocycles. The van der Waals surface area contributed by atoms with Crippen molar-refractivity contribution in [1.29, 1.82) is 0 Å². The standard InChI is InChI=1S/C19H27ClN4O2/c1-19(2,3)23-18(26)22-13-6-7-16(20)15(10-13)17(25)24-9-8-12-4-5-14(11-24)21-12/h6-7,10,12,14,21H,4-5,8-9,11H2,1-3H3,(H2,22,23,26). The van der Waals surface area contributed by atoms with E-state index in [1.165, 1.54) is 6.42 Å². The Morgan fingerprint density at radius 3 is 2.65 bits per heavy atom. The van der Waals surface area contributed by atoms with Crippen LogP contribution in [0.15, 0.2) is 18.2 Å². The second-order valence-corrected chi connectivity index (χ2v) is 8.61. The second-order valence-electron chi connectivity index (χ2n) is 8.20. The fraction of sp³-hybridized carbons (Fsp3) is 0.579. The van der Waals surface area contributed by atoms with E-state index in [4.69, 9.17) is 11.6 Å². The van der Waals surface area contributed by atoms with Crippen LogP contribution in [0.2, 0.25) is 5.02 Å². The topological polar surface area (TPSA) is 73.5 Å². The first-order valence-corrected chi connectivity index (χ1v) is 9.53. The molecular formula is C19H27ClN4O2. The van der Waals surface area contributed by atoms with E-state index in [1.807, 2.05) is 25.7 Å². The average Bonchev–Trinajstić information content (AvgIpc) is 2.86. The fourth-order valence-corrected chi connectivity index (χ4v) is 3.77. The lowest BCUT2D eigenvalue weighted by atomic mass is 10.1. The van der Waals surface area contributed by atoms with Crippen LogP contribution in [0.3, 0.4) is 0 Å². The Hall–Kier alpha value is -1.79. The van der Waals surface area contributed by atoms with Crippen molar-refractivity contribution >= 4 is 29.2 Å². The third kappa shape index (κ3) is 4.68. The molecule has 0 saturated carbocycles. The van der Waals surface area contributed by atoms with Gasteiger partial charge in [-0.15, -0.1) is 0 Å². The number of hydrogen-bond donors (Lipinski definition) is 3. The maximum Gasteiger partial charge on any atom is 0.319 e. The monoisotopic (exact) mass is 378 g/mol. The number of amides is 3. The molecule has 3 rings (SSSR count). The van der Waals surface area contributed by atoms with E-state index in [0.29, 0.717) is 34.9 Å². The van der Waals surface area contributed by atoms with Gasteiger partial charge in [0.25, 0.3) is 5.91 Å². The molecule has 3 amide bonds. The number of carbonyl (C=O) groups is 2. The largest absolute Gasteiger partial charge is 0.337 e. The van der Waals surface area contributed by atoms with Crippen LogP contribution in [0, 0.1) is 0 Å². The summed E-state index contributed by atoms with van der Waals surface area (Å²) in [6.07, 6.45) is 3.26. The number of likely N-dealkylation sites (tertiary alicyclic amines) is 1. The van der Waals surface area contributed by atoms with Gasteiger partial charge in [0, 0.05) is 36.4 Å². The van der Waals surface area contributed by atoms with Crippen LogP contribution in [-0.4, -0.2) is 47.6 Å². The first-order chi connectivity index (χ1) is 12.2. The van der Waals surface area contributed by atoms with Crippen LogP contribution in [0.5, 0.6) is 0 Å². The van der Waals surface area contributed by atoms with Crippen LogP contribution < -0.4 is 16.0 Å². The minimum Gasteiger partial charge on any atom is -0.337 e. The van der Waals surface area contributed by atoms with Gasteiger partial charge >= 0.3 is 6.03 Å². The maximum absolute atomic E-state index is 13.0. The third-order valence-corrected chi connectivity index (χ3v) is 5.08. The molecule has 2 saturated heterocycles. The number of anilines is 1. The number of benzene rings is 1. The number of nitrogens with one attached hydrogen (secondary N) is 3. The van der Waals surface area contributed by atoms with Crippen LogP contribution in [-0.2, 0) is 0 Å². The van der Waals surface area contributed by atoms with Gasteiger partial charge in [-0.05, 0) is 58.2 Å². The zero-order chi connectivity index (χ0) is 18.9.